The van der Waals surface area contributed by atoms with Crippen molar-refractivity contribution in [3.05, 3.63) is 113 Å². The highest BCUT2D eigenvalue weighted by atomic mass is 31.1. The number of aromatic hydroxyl groups is 1. The molecule has 0 radical (unpaired) electrons. The maximum absolute atomic E-state index is 13.8. The number of benzene rings is 3. The van der Waals surface area contributed by atoms with Gasteiger partial charge in [-0.1, -0.05) is 45.0 Å². The highest BCUT2D eigenvalue weighted by Gasteiger charge is 2.10. The Morgan fingerprint density at radius 2 is 1.77 bits per heavy atom. The maximum Gasteiger partial charge on any atom is 0.323 e. The summed E-state index contributed by atoms with van der Waals surface area (Å²) in [5, 5.41) is 23.5. The van der Waals surface area contributed by atoms with E-state index in [1.807, 2.05) is 57.3 Å². The molecule has 1 unspecified atom stereocenters. The Balaban J connectivity index is 1.74. The van der Waals surface area contributed by atoms with Gasteiger partial charge in [0.1, 0.15) is 11.6 Å². The topological polar surface area (TPSA) is 97.8 Å². The first-order valence-electron chi connectivity index (χ1n) is 12.5. The zero-order valence-electron chi connectivity index (χ0n) is 22.6. The number of nitrogens with one attached hydrogen (secondary N) is 4. The molecule has 0 aliphatic rings. The molecule has 1 atom stereocenters. The van der Waals surface area contributed by atoms with Crippen molar-refractivity contribution in [2.24, 2.45) is 4.99 Å². The molecule has 0 aliphatic carbocycles. The summed E-state index contributed by atoms with van der Waals surface area (Å²) in [6.07, 6.45) is 1.91. The monoisotopic (exact) mass is 547 g/mol. The average molecular weight is 548 g/mol. The molecular weight excluding hydrogens is 512 g/mol. The van der Waals surface area contributed by atoms with Gasteiger partial charge in [0.25, 0.3) is 0 Å². The van der Waals surface area contributed by atoms with Crippen molar-refractivity contribution in [3.8, 4) is 5.75 Å². The Hall–Kier alpha value is -4.00. The normalized spacial score (nSPS) is 12.8. The molecule has 3 rings (SSSR count). The number of carbonyl (C=O) groups is 1. The second kappa shape index (κ2) is 14.8. The minimum atomic E-state index is -0.529. The Morgan fingerprint density at radius 3 is 2.49 bits per heavy atom. The number of para-hydroxylation sites is 2. The Kier molecular flexibility index (Phi) is 11.2. The molecular formula is C30H35FN5O2P. The van der Waals surface area contributed by atoms with Crippen LogP contribution in [-0.4, -0.2) is 37.1 Å². The summed E-state index contributed by atoms with van der Waals surface area (Å²) in [7, 11) is 2.53. The predicted molar refractivity (Wildman–Crippen MR) is 162 cm³/mol. The van der Waals surface area contributed by atoms with E-state index in [-0.39, 0.29) is 11.4 Å². The largest absolute Gasteiger partial charge is 0.507 e. The highest BCUT2D eigenvalue weighted by Crippen LogP contribution is 2.25. The van der Waals surface area contributed by atoms with Gasteiger partial charge >= 0.3 is 6.03 Å². The first-order chi connectivity index (χ1) is 18.8. The molecule has 0 heterocycles. The third-order valence-electron chi connectivity index (χ3n) is 5.79. The maximum atomic E-state index is 13.8. The molecule has 3 aromatic carbocycles. The number of allylic oxidation sites excluding steroid dienone is 3. The number of rotatable bonds is 11. The number of halogens is 1. The van der Waals surface area contributed by atoms with Crippen LogP contribution in [0, 0.1) is 5.82 Å². The van der Waals surface area contributed by atoms with Crippen molar-refractivity contribution in [3.63, 3.8) is 0 Å². The van der Waals surface area contributed by atoms with Gasteiger partial charge in [0.15, 0.2) is 0 Å². The number of nitrogens with zero attached hydrogens (tertiary/aromatic N) is 1. The molecule has 0 spiro atoms. The molecule has 0 saturated carbocycles. The fourth-order valence-corrected chi connectivity index (χ4v) is 4.56. The quantitative estimate of drug-likeness (QED) is 0.141. The Bertz CT molecular complexity index is 1390. The van der Waals surface area contributed by atoms with Crippen molar-refractivity contribution in [2.45, 2.75) is 20.4 Å². The molecule has 9 heteroatoms. The molecule has 0 bridgehead atoms. The van der Waals surface area contributed by atoms with E-state index in [2.05, 4.69) is 27.9 Å². The third kappa shape index (κ3) is 9.06. The second-order valence-electron chi connectivity index (χ2n) is 8.80. The van der Waals surface area contributed by atoms with Crippen LogP contribution in [0.2, 0.25) is 0 Å². The number of amides is 2. The van der Waals surface area contributed by atoms with Crippen LogP contribution < -0.4 is 21.3 Å². The van der Waals surface area contributed by atoms with E-state index < -0.39 is 11.8 Å². The number of urea groups is 1. The number of anilines is 2. The zero-order chi connectivity index (χ0) is 28.2. The standard InChI is InChI=1S/C30H35FN5O2P/c1-20(16-27(24-12-5-8-15-28(24)37)34-21(2)29(39-4)19-32-3)33-18-22-10-9-11-23(17-22)35-30(38)36-26-14-7-6-13-25(26)31/h5-17,32-33,37,39H,18-19H2,1-4H3,(H2,35,36,38)/b20-16+,29-21-,34-27+. The van der Waals surface area contributed by atoms with Crippen LogP contribution in [0.15, 0.2) is 101 Å². The van der Waals surface area contributed by atoms with E-state index in [0.29, 0.717) is 32.1 Å². The molecule has 3 aromatic rings. The van der Waals surface area contributed by atoms with Gasteiger partial charge in [-0.2, -0.15) is 0 Å². The number of phenols is 1. The summed E-state index contributed by atoms with van der Waals surface area (Å²) in [4.78, 5) is 17.2. The van der Waals surface area contributed by atoms with Crippen LogP contribution >= 0.6 is 8.58 Å². The van der Waals surface area contributed by atoms with Gasteiger partial charge in [0.2, 0.25) is 0 Å². The lowest BCUT2D eigenvalue weighted by atomic mass is 10.1. The van der Waals surface area contributed by atoms with Crippen LogP contribution in [0.1, 0.15) is 25.0 Å². The first kappa shape index (κ1) is 29.6. The van der Waals surface area contributed by atoms with Gasteiger partial charge in [-0.05, 0) is 80.9 Å². The molecule has 5 N–H and O–H groups in total. The first-order valence-corrected chi connectivity index (χ1v) is 14.0. The third-order valence-corrected chi connectivity index (χ3v) is 6.93. The van der Waals surface area contributed by atoms with Gasteiger partial charge < -0.3 is 26.4 Å². The van der Waals surface area contributed by atoms with E-state index in [0.717, 1.165) is 23.5 Å². The predicted octanol–water partition coefficient (Wildman–Crippen LogP) is 6.42. The number of hydrogen-bond donors (Lipinski definition) is 5. The SMILES string of the molecule is CNC/C(PC)=C(C)/N=C(\C=C(/C)NCc1cccc(NC(=O)Nc2ccccc2F)c1)c1ccccc1O. The number of aliphatic imine (C=N–C) groups is 1. The molecule has 2 amide bonds. The summed E-state index contributed by atoms with van der Waals surface area (Å²) in [5.41, 5.74) is 4.70. The lowest BCUT2D eigenvalue weighted by molar-refractivity contribution is 0.262. The van der Waals surface area contributed by atoms with Gasteiger partial charge in [0.05, 0.1) is 11.4 Å². The van der Waals surface area contributed by atoms with Crippen molar-refractivity contribution >= 4 is 31.7 Å². The highest BCUT2D eigenvalue weighted by molar-refractivity contribution is 7.42. The molecule has 0 saturated heterocycles. The molecule has 7 nitrogen and oxygen atoms in total. The van der Waals surface area contributed by atoms with Crippen LogP contribution in [0.3, 0.4) is 0 Å². The number of carbonyl (C=O) groups excluding carboxylic acids is 1. The van der Waals surface area contributed by atoms with Crippen LogP contribution in [0.5, 0.6) is 5.75 Å². The molecule has 0 aliphatic heterocycles. The summed E-state index contributed by atoms with van der Waals surface area (Å²) in [5.74, 6) is -0.340. The van der Waals surface area contributed by atoms with E-state index in [4.69, 9.17) is 4.99 Å². The average Bonchev–Trinajstić information content (AvgIpc) is 2.92. The molecule has 39 heavy (non-hydrogen) atoms. The van der Waals surface area contributed by atoms with E-state index in [9.17, 15) is 14.3 Å². The van der Waals surface area contributed by atoms with Crippen LogP contribution in [0.25, 0.3) is 0 Å². The van der Waals surface area contributed by atoms with Crippen molar-refractivity contribution in [1.29, 1.82) is 0 Å². The lowest BCUT2D eigenvalue weighted by Crippen LogP contribution is -2.20. The summed E-state index contributed by atoms with van der Waals surface area (Å²) >= 11 is 0. The van der Waals surface area contributed by atoms with Crippen molar-refractivity contribution < 1.29 is 14.3 Å². The Labute approximate surface area is 231 Å². The van der Waals surface area contributed by atoms with Gasteiger partial charge in [-0.3, -0.25) is 4.99 Å². The van der Waals surface area contributed by atoms with Gasteiger partial charge in [0, 0.05) is 35.7 Å². The minimum absolute atomic E-state index is 0.109. The number of likely N-dealkylation sites (N-methyl/N-ethyl adjacent to an activating group) is 1. The van der Waals surface area contributed by atoms with Crippen LogP contribution in [-0.2, 0) is 6.54 Å². The van der Waals surface area contributed by atoms with Crippen LogP contribution in [0.4, 0.5) is 20.6 Å². The van der Waals surface area contributed by atoms with Crippen molar-refractivity contribution in [2.75, 3.05) is 30.9 Å². The summed E-state index contributed by atoms with van der Waals surface area (Å²) in [6, 6.07) is 20.0. The number of hydrogen-bond acceptors (Lipinski definition) is 5. The van der Waals surface area contributed by atoms with Gasteiger partial charge in [-0.25, -0.2) is 9.18 Å². The number of phenolic OH excluding ortho intramolecular Hbond substituents is 1. The molecule has 0 aromatic heterocycles. The summed E-state index contributed by atoms with van der Waals surface area (Å²) < 4.78 is 13.8. The van der Waals surface area contributed by atoms with E-state index in [1.165, 1.54) is 17.4 Å². The fourth-order valence-electron chi connectivity index (χ4n) is 3.79. The minimum Gasteiger partial charge on any atom is -0.507 e. The smallest absolute Gasteiger partial charge is 0.323 e. The zero-order valence-corrected chi connectivity index (χ0v) is 23.6. The van der Waals surface area contributed by atoms with E-state index >= 15 is 0 Å². The Morgan fingerprint density at radius 1 is 1.03 bits per heavy atom. The lowest BCUT2D eigenvalue weighted by Gasteiger charge is -2.13. The molecule has 204 valence electrons. The van der Waals surface area contributed by atoms with Crippen molar-refractivity contribution in [1.82, 2.24) is 10.6 Å². The second-order valence-corrected chi connectivity index (χ2v) is 9.90. The molecule has 0 fully saturated rings. The van der Waals surface area contributed by atoms with E-state index in [1.54, 1.807) is 30.3 Å². The fraction of sp³-hybridized carbons (Fsp3) is 0.200. The van der Waals surface area contributed by atoms with Gasteiger partial charge in [-0.15, -0.1) is 0 Å². The summed E-state index contributed by atoms with van der Waals surface area (Å²) in [6.45, 7) is 7.30.